The summed E-state index contributed by atoms with van der Waals surface area (Å²) in [4.78, 5) is 16.4. The maximum absolute atomic E-state index is 13.3. The van der Waals surface area contributed by atoms with Gasteiger partial charge in [0, 0.05) is 18.6 Å². The van der Waals surface area contributed by atoms with Gasteiger partial charge in [-0.15, -0.1) is 0 Å². The van der Waals surface area contributed by atoms with E-state index in [9.17, 15) is 13.6 Å². The molecule has 2 aromatic heterocycles. The third-order valence-electron chi connectivity index (χ3n) is 3.54. The van der Waals surface area contributed by atoms with E-state index in [1.807, 2.05) is 0 Å². The van der Waals surface area contributed by atoms with Gasteiger partial charge < -0.3 is 5.32 Å². The highest BCUT2D eigenvalue weighted by Gasteiger charge is 2.15. The normalized spacial score (nSPS) is 12.0. The van der Waals surface area contributed by atoms with E-state index in [-0.39, 0.29) is 5.69 Å². The lowest BCUT2D eigenvalue weighted by atomic mass is 10.1. The van der Waals surface area contributed by atoms with E-state index in [0.717, 1.165) is 12.1 Å². The number of rotatable bonds is 4. The highest BCUT2D eigenvalue weighted by molar-refractivity contribution is 5.93. The highest BCUT2D eigenvalue weighted by atomic mass is 19.2. The molecule has 7 heteroatoms. The maximum Gasteiger partial charge on any atom is 0.270 e. The maximum atomic E-state index is 13.3. The van der Waals surface area contributed by atoms with Crippen molar-refractivity contribution in [3.05, 3.63) is 77.9 Å². The first-order valence-corrected chi connectivity index (χ1v) is 7.26. The van der Waals surface area contributed by atoms with Crippen LogP contribution >= 0.6 is 0 Å². The number of halogens is 2. The second-order valence-corrected chi connectivity index (χ2v) is 5.22. The first-order valence-electron chi connectivity index (χ1n) is 7.26. The van der Waals surface area contributed by atoms with Gasteiger partial charge in [0.05, 0.1) is 11.7 Å². The summed E-state index contributed by atoms with van der Waals surface area (Å²) in [5.74, 6) is -2.29. The summed E-state index contributed by atoms with van der Waals surface area (Å²) < 4.78 is 27.9. The lowest BCUT2D eigenvalue weighted by Gasteiger charge is -2.14. The Bertz CT molecular complexity index is 865. The molecule has 0 spiro atoms. The third kappa shape index (κ3) is 3.29. The lowest BCUT2D eigenvalue weighted by Crippen LogP contribution is -2.27. The molecule has 0 saturated heterocycles. The standard InChI is InChI=1S/C17H14F2N4O/c1-11(12-3-4-14(18)15(19)9-12)22-17(24)16-10-13(5-7-20-16)23-8-2-6-21-23/h2-11H,1H3,(H,22,24). The lowest BCUT2D eigenvalue weighted by molar-refractivity contribution is 0.0934. The summed E-state index contributed by atoms with van der Waals surface area (Å²) in [6, 6.07) is 8.12. The second kappa shape index (κ2) is 6.57. The van der Waals surface area contributed by atoms with Gasteiger partial charge in [0.15, 0.2) is 11.6 Å². The summed E-state index contributed by atoms with van der Waals surface area (Å²) in [6.45, 7) is 1.68. The molecule has 3 rings (SSSR count). The average molecular weight is 328 g/mol. The number of benzene rings is 1. The fraction of sp³-hybridized carbons (Fsp3) is 0.118. The van der Waals surface area contributed by atoms with Gasteiger partial charge in [0.1, 0.15) is 5.69 Å². The number of carbonyl (C=O) groups is 1. The van der Waals surface area contributed by atoms with E-state index in [1.54, 1.807) is 42.2 Å². The van der Waals surface area contributed by atoms with Gasteiger partial charge in [-0.1, -0.05) is 6.07 Å². The molecule has 0 saturated carbocycles. The molecule has 0 aliphatic heterocycles. The Morgan fingerprint density at radius 1 is 1.17 bits per heavy atom. The molecule has 0 aliphatic rings. The van der Waals surface area contributed by atoms with Crippen LogP contribution in [0.5, 0.6) is 0 Å². The quantitative estimate of drug-likeness (QED) is 0.801. The zero-order valence-electron chi connectivity index (χ0n) is 12.8. The molecule has 5 nitrogen and oxygen atoms in total. The van der Waals surface area contributed by atoms with E-state index in [0.29, 0.717) is 11.3 Å². The molecule has 1 aromatic carbocycles. The van der Waals surface area contributed by atoms with Crippen LogP contribution in [0.3, 0.4) is 0 Å². The Balaban J connectivity index is 1.77. The molecule has 0 aliphatic carbocycles. The van der Waals surface area contributed by atoms with Crippen LogP contribution in [0.2, 0.25) is 0 Å². The SMILES string of the molecule is CC(NC(=O)c1cc(-n2cccn2)ccn1)c1ccc(F)c(F)c1. The highest BCUT2D eigenvalue weighted by Crippen LogP contribution is 2.16. The molecule has 122 valence electrons. The van der Waals surface area contributed by atoms with Gasteiger partial charge in [-0.05, 0) is 42.8 Å². The van der Waals surface area contributed by atoms with Crippen molar-refractivity contribution in [1.82, 2.24) is 20.1 Å². The summed E-state index contributed by atoms with van der Waals surface area (Å²) in [7, 11) is 0. The van der Waals surface area contributed by atoms with Crippen molar-refractivity contribution >= 4 is 5.91 Å². The van der Waals surface area contributed by atoms with Crippen LogP contribution in [0.4, 0.5) is 8.78 Å². The fourth-order valence-corrected chi connectivity index (χ4v) is 2.24. The van der Waals surface area contributed by atoms with E-state index < -0.39 is 23.6 Å². The molecule has 0 fully saturated rings. The Kier molecular flexibility index (Phi) is 4.33. The zero-order chi connectivity index (χ0) is 17.1. The number of aromatic nitrogens is 3. The largest absolute Gasteiger partial charge is 0.344 e. The number of carbonyl (C=O) groups excluding carboxylic acids is 1. The topological polar surface area (TPSA) is 59.8 Å². The number of hydrogen-bond donors (Lipinski definition) is 1. The van der Waals surface area contributed by atoms with Gasteiger partial charge in [-0.2, -0.15) is 5.10 Å². The molecule has 24 heavy (non-hydrogen) atoms. The van der Waals surface area contributed by atoms with Crippen LogP contribution in [0.15, 0.2) is 55.0 Å². The van der Waals surface area contributed by atoms with Gasteiger partial charge in [-0.3, -0.25) is 9.78 Å². The Labute approximate surface area is 137 Å². The van der Waals surface area contributed by atoms with Crippen molar-refractivity contribution < 1.29 is 13.6 Å². The van der Waals surface area contributed by atoms with Crippen molar-refractivity contribution in [3.63, 3.8) is 0 Å². The van der Waals surface area contributed by atoms with E-state index in [2.05, 4.69) is 15.4 Å². The van der Waals surface area contributed by atoms with Gasteiger partial charge in [0.25, 0.3) is 5.91 Å². The predicted octanol–water partition coefficient (Wildman–Crippen LogP) is 3.04. The van der Waals surface area contributed by atoms with E-state index in [4.69, 9.17) is 0 Å². The number of pyridine rings is 1. The molecular formula is C17H14F2N4O. The van der Waals surface area contributed by atoms with Crippen LogP contribution in [-0.4, -0.2) is 20.7 Å². The Hall–Kier alpha value is -3.09. The number of amides is 1. The molecule has 2 heterocycles. The van der Waals surface area contributed by atoms with Crippen LogP contribution < -0.4 is 5.32 Å². The summed E-state index contributed by atoms with van der Waals surface area (Å²) in [6.07, 6.45) is 4.89. The van der Waals surface area contributed by atoms with Crippen molar-refractivity contribution in [2.75, 3.05) is 0 Å². The summed E-state index contributed by atoms with van der Waals surface area (Å²) in [5.41, 5.74) is 1.36. The first-order chi connectivity index (χ1) is 11.5. The van der Waals surface area contributed by atoms with Crippen molar-refractivity contribution in [2.45, 2.75) is 13.0 Å². The molecule has 3 aromatic rings. The minimum Gasteiger partial charge on any atom is -0.344 e. The summed E-state index contributed by atoms with van der Waals surface area (Å²) in [5, 5.41) is 6.80. The van der Waals surface area contributed by atoms with Crippen molar-refractivity contribution in [2.24, 2.45) is 0 Å². The van der Waals surface area contributed by atoms with Gasteiger partial charge >= 0.3 is 0 Å². The van der Waals surface area contributed by atoms with Crippen LogP contribution in [0.1, 0.15) is 29.0 Å². The monoisotopic (exact) mass is 328 g/mol. The summed E-state index contributed by atoms with van der Waals surface area (Å²) >= 11 is 0. The smallest absolute Gasteiger partial charge is 0.270 e. The molecule has 0 radical (unpaired) electrons. The zero-order valence-corrected chi connectivity index (χ0v) is 12.8. The fourth-order valence-electron chi connectivity index (χ4n) is 2.24. The third-order valence-corrected chi connectivity index (χ3v) is 3.54. The molecule has 1 amide bonds. The predicted molar refractivity (Wildman–Crippen MR) is 83.6 cm³/mol. The molecular weight excluding hydrogens is 314 g/mol. The number of nitrogens with zero attached hydrogens (tertiary/aromatic N) is 3. The van der Waals surface area contributed by atoms with E-state index in [1.165, 1.54) is 12.3 Å². The Morgan fingerprint density at radius 3 is 2.71 bits per heavy atom. The average Bonchev–Trinajstić information content (AvgIpc) is 3.12. The Morgan fingerprint density at radius 2 is 2.00 bits per heavy atom. The minimum atomic E-state index is -0.951. The molecule has 1 unspecified atom stereocenters. The minimum absolute atomic E-state index is 0.206. The molecule has 0 bridgehead atoms. The van der Waals surface area contributed by atoms with Crippen LogP contribution in [0, 0.1) is 11.6 Å². The first kappa shape index (κ1) is 15.8. The molecule has 1 N–H and O–H groups in total. The van der Waals surface area contributed by atoms with Gasteiger partial charge in [-0.25, -0.2) is 13.5 Å². The molecule has 1 atom stereocenters. The number of hydrogen-bond acceptors (Lipinski definition) is 3. The van der Waals surface area contributed by atoms with E-state index >= 15 is 0 Å². The van der Waals surface area contributed by atoms with Crippen molar-refractivity contribution in [3.8, 4) is 5.69 Å². The van der Waals surface area contributed by atoms with Crippen molar-refractivity contribution in [1.29, 1.82) is 0 Å². The number of nitrogens with one attached hydrogen (secondary N) is 1. The second-order valence-electron chi connectivity index (χ2n) is 5.22. The van der Waals surface area contributed by atoms with Crippen LogP contribution in [-0.2, 0) is 0 Å². The van der Waals surface area contributed by atoms with Gasteiger partial charge in [0.2, 0.25) is 0 Å². The van der Waals surface area contributed by atoms with Crippen LogP contribution in [0.25, 0.3) is 5.69 Å².